The second-order valence-electron chi connectivity index (χ2n) is 9.47. The van der Waals surface area contributed by atoms with E-state index in [-0.39, 0.29) is 18.9 Å². The van der Waals surface area contributed by atoms with Crippen LogP contribution in [-0.4, -0.2) is 37.3 Å². The summed E-state index contributed by atoms with van der Waals surface area (Å²) in [7, 11) is 1.58. The molecular weight excluding hydrogens is 503 g/mol. The number of nitriles is 1. The van der Waals surface area contributed by atoms with Crippen molar-refractivity contribution in [2.75, 3.05) is 18.6 Å². The fraction of sp³-hybridized carbons (Fsp3) is 0.300. The van der Waals surface area contributed by atoms with E-state index in [0.717, 1.165) is 5.56 Å². The number of methoxy groups -OCH3 is 1. The summed E-state index contributed by atoms with van der Waals surface area (Å²) in [5.41, 5.74) is 0.898. The zero-order chi connectivity index (χ0) is 28.2. The van der Waals surface area contributed by atoms with Gasteiger partial charge in [-0.2, -0.15) is 5.26 Å². The summed E-state index contributed by atoms with van der Waals surface area (Å²) in [4.78, 5) is 27.7. The number of hydrogen-bond donors (Lipinski definition) is 0. The Morgan fingerprint density at radius 3 is 2.38 bits per heavy atom. The van der Waals surface area contributed by atoms with Gasteiger partial charge in [0.1, 0.15) is 29.0 Å². The van der Waals surface area contributed by atoms with Gasteiger partial charge < -0.3 is 18.9 Å². The molecule has 0 bridgehead atoms. The van der Waals surface area contributed by atoms with Crippen LogP contribution in [0.1, 0.15) is 43.5 Å². The Morgan fingerprint density at radius 2 is 1.77 bits per heavy atom. The number of hydrogen-bond acceptors (Lipinski definition) is 7. The average molecular weight is 533 g/mol. The molecule has 0 spiro atoms. The minimum atomic E-state index is -1.07. The standard InChI is InChI=1S/C30H29FN2O6/c1-5-37-29(35)28(34)33(22-11-9-21(31)10-12-22)26-24-16-20(17-32)8-15-25(24)39-30(2,3)27(26)38-18-19-6-13-23(36-4)14-7-19/h6-16,26-27H,5,18H2,1-4H3/t26-,27+/m0/s1. The number of rotatable bonds is 7. The van der Waals surface area contributed by atoms with Gasteiger partial charge in [0.2, 0.25) is 0 Å². The van der Waals surface area contributed by atoms with Gasteiger partial charge in [0, 0.05) is 11.3 Å². The van der Waals surface area contributed by atoms with Gasteiger partial charge in [-0.1, -0.05) is 12.1 Å². The van der Waals surface area contributed by atoms with E-state index in [4.69, 9.17) is 18.9 Å². The molecule has 0 N–H and O–H groups in total. The summed E-state index contributed by atoms with van der Waals surface area (Å²) in [6.45, 7) is 5.37. The molecule has 4 rings (SSSR count). The number of esters is 1. The first-order chi connectivity index (χ1) is 18.7. The third-order valence-corrected chi connectivity index (χ3v) is 6.44. The minimum Gasteiger partial charge on any atom is -0.497 e. The lowest BCUT2D eigenvalue weighted by Crippen LogP contribution is -2.57. The zero-order valence-corrected chi connectivity index (χ0v) is 22.1. The quantitative estimate of drug-likeness (QED) is 0.308. The highest BCUT2D eigenvalue weighted by molar-refractivity contribution is 6.38. The Bertz CT molecular complexity index is 1380. The Morgan fingerprint density at radius 1 is 1.08 bits per heavy atom. The summed E-state index contributed by atoms with van der Waals surface area (Å²) in [5.74, 6) is -1.42. The number of halogens is 1. The SMILES string of the molecule is CCOC(=O)C(=O)N(c1ccc(F)cc1)[C@H]1c2cc(C#N)ccc2OC(C)(C)[C@@H]1OCc1ccc(OC)cc1. The molecule has 9 heteroatoms. The molecule has 1 heterocycles. The van der Waals surface area contributed by atoms with Crippen LogP contribution in [0, 0.1) is 17.1 Å². The van der Waals surface area contributed by atoms with E-state index in [1.807, 2.05) is 38.1 Å². The minimum absolute atomic E-state index is 0.00628. The van der Waals surface area contributed by atoms with E-state index < -0.39 is 35.4 Å². The van der Waals surface area contributed by atoms with Crippen molar-refractivity contribution in [2.45, 2.75) is 45.1 Å². The molecule has 1 aliphatic rings. The van der Waals surface area contributed by atoms with Gasteiger partial charge in [-0.25, -0.2) is 9.18 Å². The average Bonchev–Trinajstić information content (AvgIpc) is 2.93. The van der Waals surface area contributed by atoms with Crippen LogP contribution in [0.15, 0.2) is 66.7 Å². The van der Waals surface area contributed by atoms with E-state index in [1.165, 1.54) is 29.2 Å². The number of nitrogens with zero attached hydrogens (tertiary/aromatic N) is 2. The molecule has 0 radical (unpaired) electrons. The third kappa shape index (κ3) is 5.86. The maximum absolute atomic E-state index is 13.9. The first-order valence-electron chi connectivity index (χ1n) is 12.4. The smallest absolute Gasteiger partial charge is 0.397 e. The molecule has 0 saturated carbocycles. The van der Waals surface area contributed by atoms with Crippen LogP contribution in [0.4, 0.5) is 10.1 Å². The molecule has 8 nitrogen and oxygen atoms in total. The van der Waals surface area contributed by atoms with E-state index in [1.54, 1.807) is 32.2 Å². The van der Waals surface area contributed by atoms with Crippen molar-refractivity contribution < 1.29 is 32.9 Å². The Kier molecular flexibility index (Phi) is 8.17. The maximum atomic E-state index is 13.9. The van der Waals surface area contributed by atoms with Gasteiger partial charge in [-0.3, -0.25) is 9.69 Å². The normalized spacial score (nSPS) is 17.2. The van der Waals surface area contributed by atoms with Crippen molar-refractivity contribution in [2.24, 2.45) is 0 Å². The predicted molar refractivity (Wildman–Crippen MR) is 141 cm³/mol. The second kappa shape index (κ2) is 11.5. The highest BCUT2D eigenvalue weighted by Gasteiger charge is 2.50. The van der Waals surface area contributed by atoms with Crippen molar-refractivity contribution in [1.29, 1.82) is 5.26 Å². The molecule has 0 aliphatic carbocycles. The van der Waals surface area contributed by atoms with Crippen LogP contribution in [0.3, 0.4) is 0 Å². The molecule has 39 heavy (non-hydrogen) atoms. The number of carbonyl (C=O) groups is 2. The van der Waals surface area contributed by atoms with E-state index in [2.05, 4.69) is 6.07 Å². The van der Waals surface area contributed by atoms with Crippen LogP contribution >= 0.6 is 0 Å². The second-order valence-corrected chi connectivity index (χ2v) is 9.47. The lowest BCUT2D eigenvalue weighted by atomic mass is 9.84. The summed E-state index contributed by atoms with van der Waals surface area (Å²) in [6, 6.07) is 18.6. The molecule has 0 aromatic heterocycles. The molecule has 202 valence electrons. The number of amides is 1. The molecular formula is C30H29FN2O6. The molecule has 3 aromatic carbocycles. The fourth-order valence-corrected chi connectivity index (χ4v) is 4.60. The maximum Gasteiger partial charge on any atom is 0.397 e. The van der Waals surface area contributed by atoms with Crippen LogP contribution in [0.25, 0.3) is 0 Å². The van der Waals surface area contributed by atoms with E-state index >= 15 is 0 Å². The zero-order valence-electron chi connectivity index (χ0n) is 22.1. The van der Waals surface area contributed by atoms with Crippen molar-refractivity contribution in [3.05, 3.63) is 89.2 Å². The lowest BCUT2D eigenvalue weighted by molar-refractivity contribution is -0.155. The van der Waals surface area contributed by atoms with Gasteiger partial charge in [0.15, 0.2) is 0 Å². The number of benzene rings is 3. The molecule has 0 unspecified atom stereocenters. The Balaban J connectivity index is 1.86. The van der Waals surface area contributed by atoms with Gasteiger partial charge in [-0.05, 0) is 80.9 Å². The molecule has 1 amide bonds. The monoisotopic (exact) mass is 532 g/mol. The molecule has 0 saturated heterocycles. The topological polar surface area (TPSA) is 98.1 Å². The van der Waals surface area contributed by atoms with Crippen molar-refractivity contribution in [3.63, 3.8) is 0 Å². The molecule has 1 aliphatic heterocycles. The van der Waals surface area contributed by atoms with Gasteiger partial charge in [0.05, 0.1) is 38.0 Å². The van der Waals surface area contributed by atoms with Gasteiger partial charge >= 0.3 is 11.9 Å². The fourth-order valence-electron chi connectivity index (χ4n) is 4.60. The van der Waals surface area contributed by atoms with Crippen molar-refractivity contribution in [3.8, 4) is 17.6 Å². The molecule has 2 atom stereocenters. The van der Waals surface area contributed by atoms with Gasteiger partial charge in [-0.15, -0.1) is 0 Å². The van der Waals surface area contributed by atoms with Crippen molar-refractivity contribution >= 4 is 17.6 Å². The first-order valence-corrected chi connectivity index (χ1v) is 12.4. The first kappa shape index (κ1) is 27.6. The Hall–Kier alpha value is -4.42. The summed E-state index contributed by atoms with van der Waals surface area (Å²) in [6.07, 6.45) is -0.829. The number of anilines is 1. The molecule has 3 aromatic rings. The van der Waals surface area contributed by atoms with Crippen LogP contribution < -0.4 is 14.4 Å². The summed E-state index contributed by atoms with van der Waals surface area (Å²) < 4.78 is 36.9. The highest BCUT2D eigenvalue weighted by atomic mass is 19.1. The van der Waals surface area contributed by atoms with Crippen LogP contribution in [0.2, 0.25) is 0 Å². The largest absolute Gasteiger partial charge is 0.497 e. The van der Waals surface area contributed by atoms with Crippen molar-refractivity contribution in [1.82, 2.24) is 0 Å². The highest BCUT2D eigenvalue weighted by Crippen LogP contribution is 2.46. The Labute approximate surface area is 226 Å². The van der Waals surface area contributed by atoms with Crippen LogP contribution in [0.5, 0.6) is 11.5 Å². The number of carbonyl (C=O) groups excluding carboxylic acids is 2. The lowest BCUT2D eigenvalue weighted by Gasteiger charge is -2.48. The predicted octanol–water partition coefficient (Wildman–Crippen LogP) is 5.10. The molecule has 0 fully saturated rings. The number of ether oxygens (including phenoxy) is 4. The third-order valence-electron chi connectivity index (χ3n) is 6.44. The summed E-state index contributed by atoms with van der Waals surface area (Å²) in [5, 5.41) is 9.61. The number of fused-ring (bicyclic) bond motifs is 1. The van der Waals surface area contributed by atoms with Crippen LogP contribution in [-0.2, 0) is 25.7 Å². The van der Waals surface area contributed by atoms with Gasteiger partial charge in [0.25, 0.3) is 0 Å². The van der Waals surface area contributed by atoms with E-state index in [0.29, 0.717) is 22.6 Å². The summed E-state index contributed by atoms with van der Waals surface area (Å²) >= 11 is 0. The van der Waals surface area contributed by atoms with E-state index in [9.17, 15) is 19.2 Å².